The maximum Gasteiger partial charge on any atom is 0.573 e. The number of nitrogens with one attached hydrogen (secondary N) is 2. The average molecular weight is 423 g/mol. The number of carbonyl (C=O) groups is 1. The fourth-order valence-corrected chi connectivity index (χ4v) is 3.34. The van der Waals surface area contributed by atoms with Gasteiger partial charge in [-0.3, -0.25) is 4.79 Å². The second kappa shape index (κ2) is 8.59. The number of ether oxygens (including phenoxy) is 1. The van der Waals surface area contributed by atoms with Gasteiger partial charge in [0, 0.05) is 29.7 Å². The predicted molar refractivity (Wildman–Crippen MR) is 93.0 cm³/mol. The van der Waals surface area contributed by atoms with Crippen LogP contribution in [0.1, 0.15) is 6.42 Å². The van der Waals surface area contributed by atoms with Crippen molar-refractivity contribution in [1.29, 1.82) is 0 Å². The third-order valence-corrected chi connectivity index (χ3v) is 4.80. The molecule has 0 saturated heterocycles. The number of sulfonamides is 1. The summed E-state index contributed by atoms with van der Waals surface area (Å²) in [7, 11) is -3.84. The van der Waals surface area contributed by atoms with E-state index in [1.54, 1.807) is 0 Å². The van der Waals surface area contributed by atoms with Gasteiger partial charge < -0.3 is 10.1 Å². The minimum Gasteiger partial charge on any atom is -0.406 e. The molecule has 1 amide bonds. The number of benzene rings is 2. The Labute approximate surface area is 158 Å². The SMILES string of the molecule is O=C(CCNS(=O)(=O)c1cccc(Cl)c1)Nc1cccc(OC(F)(F)F)c1. The third kappa shape index (κ3) is 7.08. The minimum atomic E-state index is -4.85. The normalized spacial score (nSPS) is 11.9. The summed E-state index contributed by atoms with van der Waals surface area (Å²) in [6, 6.07) is 10.3. The summed E-state index contributed by atoms with van der Waals surface area (Å²) in [4.78, 5) is 11.8. The van der Waals surface area contributed by atoms with Crippen molar-refractivity contribution in [3.8, 4) is 5.75 Å². The highest BCUT2D eigenvalue weighted by Gasteiger charge is 2.31. The van der Waals surface area contributed by atoms with Gasteiger partial charge in [-0.25, -0.2) is 13.1 Å². The van der Waals surface area contributed by atoms with Gasteiger partial charge in [0.05, 0.1) is 4.90 Å². The number of hydrogen-bond acceptors (Lipinski definition) is 4. The van der Waals surface area contributed by atoms with Gasteiger partial charge >= 0.3 is 6.36 Å². The molecule has 2 rings (SSSR count). The van der Waals surface area contributed by atoms with Crippen molar-refractivity contribution in [1.82, 2.24) is 4.72 Å². The standard InChI is InChI=1S/C16H14ClF3N2O4S/c17-11-3-1-6-14(9-11)27(24,25)21-8-7-15(23)22-12-4-2-5-13(10-12)26-16(18,19)20/h1-6,9-10,21H,7-8H2,(H,22,23). The highest BCUT2D eigenvalue weighted by molar-refractivity contribution is 7.89. The van der Waals surface area contributed by atoms with Gasteiger partial charge in [-0.2, -0.15) is 0 Å². The Morgan fingerprint density at radius 3 is 2.48 bits per heavy atom. The van der Waals surface area contributed by atoms with Gasteiger partial charge in [0.2, 0.25) is 15.9 Å². The van der Waals surface area contributed by atoms with Gasteiger partial charge in [-0.1, -0.05) is 23.7 Å². The zero-order valence-electron chi connectivity index (χ0n) is 13.6. The first kappa shape index (κ1) is 21.0. The Kier molecular flexibility index (Phi) is 6.68. The van der Waals surface area contributed by atoms with Crippen molar-refractivity contribution in [2.45, 2.75) is 17.7 Å². The zero-order valence-corrected chi connectivity index (χ0v) is 15.2. The van der Waals surface area contributed by atoms with Gasteiger partial charge in [0.15, 0.2) is 0 Å². The molecule has 0 bridgehead atoms. The molecular weight excluding hydrogens is 409 g/mol. The molecule has 2 aromatic carbocycles. The lowest BCUT2D eigenvalue weighted by Gasteiger charge is -2.11. The molecule has 0 heterocycles. The summed E-state index contributed by atoms with van der Waals surface area (Å²) in [5.41, 5.74) is 0.0828. The Hall–Kier alpha value is -2.30. The molecule has 0 radical (unpaired) electrons. The quantitative estimate of drug-likeness (QED) is 0.714. The number of halogens is 4. The lowest BCUT2D eigenvalue weighted by Crippen LogP contribution is -2.27. The predicted octanol–water partition coefficient (Wildman–Crippen LogP) is 3.55. The van der Waals surface area contributed by atoms with Crippen molar-refractivity contribution in [3.63, 3.8) is 0 Å². The Balaban J connectivity index is 1.89. The van der Waals surface area contributed by atoms with E-state index in [2.05, 4.69) is 14.8 Å². The van der Waals surface area contributed by atoms with Crippen molar-refractivity contribution >= 4 is 33.2 Å². The van der Waals surface area contributed by atoms with Crippen LogP contribution in [0.4, 0.5) is 18.9 Å². The monoisotopic (exact) mass is 422 g/mol. The Bertz CT molecular complexity index is 920. The number of amides is 1. The molecule has 2 aromatic rings. The molecule has 0 spiro atoms. The molecule has 0 aliphatic heterocycles. The highest BCUT2D eigenvalue weighted by Crippen LogP contribution is 2.25. The van der Waals surface area contributed by atoms with E-state index in [0.29, 0.717) is 0 Å². The molecule has 0 aromatic heterocycles. The summed E-state index contributed by atoms with van der Waals surface area (Å²) in [6.07, 6.45) is -5.08. The fourth-order valence-electron chi connectivity index (χ4n) is 2.01. The fraction of sp³-hybridized carbons (Fsp3) is 0.188. The van der Waals surface area contributed by atoms with E-state index in [0.717, 1.165) is 12.1 Å². The van der Waals surface area contributed by atoms with Gasteiger partial charge in [0.25, 0.3) is 0 Å². The molecule has 0 aliphatic carbocycles. The number of rotatable bonds is 7. The van der Waals surface area contributed by atoms with E-state index in [1.807, 2.05) is 0 Å². The number of hydrogen-bond donors (Lipinski definition) is 2. The molecule has 2 N–H and O–H groups in total. The van der Waals surface area contributed by atoms with Gasteiger partial charge in [0.1, 0.15) is 5.75 Å². The molecule has 146 valence electrons. The highest BCUT2D eigenvalue weighted by atomic mass is 35.5. The zero-order chi connectivity index (χ0) is 20.1. The minimum absolute atomic E-state index is 0.0487. The summed E-state index contributed by atoms with van der Waals surface area (Å²) in [5, 5.41) is 2.61. The van der Waals surface area contributed by atoms with Crippen LogP contribution in [0.15, 0.2) is 53.4 Å². The van der Waals surface area contributed by atoms with Crippen LogP contribution in [-0.2, 0) is 14.8 Å². The summed E-state index contributed by atoms with van der Waals surface area (Å²) in [5.74, 6) is -1.07. The molecule has 0 fully saturated rings. The van der Waals surface area contributed by atoms with Crippen molar-refractivity contribution in [3.05, 3.63) is 53.6 Å². The van der Waals surface area contributed by atoms with E-state index >= 15 is 0 Å². The van der Waals surface area contributed by atoms with E-state index in [1.165, 1.54) is 36.4 Å². The molecule has 0 saturated carbocycles. The van der Waals surface area contributed by atoms with Gasteiger partial charge in [-0.05, 0) is 30.3 Å². The Morgan fingerprint density at radius 1 is 1.11 bits per heavy atom. The van der Waals surface area contributed by atoms with Crippen LogP contribution in [0.3, 0.4) is 0 Å². The van der Waals surface area contributed by atoms with Crippen LogP contribution in [0, 0.1) is 0 Å². The summed E-state index contributed by atoms with van der Waals surface area (Å²) >= 11 is 5.74. The topological polar surface area (TPSA) is 84.5 Å². The number of alkyl halides is 3. The molecular formula is C16H14ClF3N2O4S. The average Bonchev–Trinajstić information content (AvgIpc) is 2.53. The molecule has 27 heavy (non-hydrogen) atoms. The first-order chi connectivity index (χ1) is 12.5. The van der Waals surface area contributed by atoms with Crippen molar-refractivity contribution in [2.75, 3.05) is 11.9 Å². The van der Waals surface area contributed by atoms with Crippen LogP contribution in [-0.4, -0.2) is 27.2 Å². The first-order valence-corrected chi connectivity index (χ1v) is 9.32. The van der Waals surface area contributed by atoms with E-state index < -0.39 is 28.0 Å². The molecule has 0 aliphatic rings. The third-order valence-electron chi connectivity index (χ3n) is 3.10. The lowest BCUT2D eigenvalue weighted by atomic mass is 10.3. The van der Waals surface area contributed by atoms with Crippen LogP contribution >= 0.6 is 11.6 Å². The second-order valence-corrected chi connectivity index (χ2v) is 7.43. The Morgan fingerprint density at radius 2 is 1.81 bits per heavy atom. The van der Waals surface area contributed by atoms with Crippen LogP contribution in [0.25, 0.3) is 0 Å². The second-order valence-electron chi connectivity index (χ2n) is 5.23. The smallest absolute Gasteiger partial charge is 0.406 e. The van der Waals surface area contributed by atoms with E-state index in [4.69, 9.17) is 11.6 Å². The van der Waals surface area contributed by atoms with Crippen molar-refractivity contribution in [2.24, 2.45) is 0 Å². The van der Waals surface area contributed by atoms with E-state index in [-0.39, 0.29) is 28.6 Å². The van der Waals surface area contributed by atoms with Crippen LogP contribution < -0.4 is 14.8 Å². The lowest BCUT2D eigenvalue weighted by molar-refractivity contribution is -0.274. The summed E-state index contributed by atoms with van der Waals surface area (Å²) in [6.45, 7) is -0.209. The molecule has 0 unspecified atom stereocenters. The largest absolute Gasteiger partial charge is 0.573 e. The maximum absolute atomic E-state index is 12.2. The van der Waals surface area contributed by atoms with Crippen LogP contribution in [0.5, 0.6) is 5.75 Å². The maximum atomic E-state index is 12.2. The number of anilines is 1. The molecule has 11 heteroatoms. The van der Waals surface area contributed by atoms with Crippen molar-refractivity contribution < 1.29 is 31.1 Å². The number of carbonyl (C=O) groups excluding carboxylic acids is 1. The molecule has 6 nitrogen and oxygen atoms in total. The van der Waals surface area contributed by atoms with E-state index in [9.17, 15) is 26.4 Å². The summed E-state index contributed by atoms with van der Waals surface area (Å²) < 4.78 is 66.7. The first-order valence-electron chi connectivity index (χ1n) is 7.46. The van der Waals surface area contributed by atoms with Gasteiger partial charge in [-0.15, -0.1) is 13.2 Å². The molecule has 0 atom stereocenters. The van der Waals surface area contributed by atoms with Crippen LogP contribution in [0.2, 0.25) is 5.02 Å².